The van der Waals surface area contributed by atoms with Gasteiger partial charge < -0.3 is 34.3 Å². The van der Waals surface area contributed by atoms with Crippen molar-refractivity contribution in [3.8, 4) is 0 Å². The van der Waals surface area contributed by atoms with Gasteiger partial charge in [-0.15, -0.1) is 0 Å². The highest BCUT2D eigenvalue weighted by Crippen LogP contribution is 2.52. The number of hydrogen-bond acceptors (Lipinski definition) is 8. The van der Waals surface area contributed by atoms with Gasteiger partial charge in [-0.1, -0.05) is 11.6 Å². The Morgan fingerprint density at radius 2 is 1.78 bits per heavy atom. The zero-order valence-corrected chi connectivity index (χ0v) is 22.8. The molecule has 0 aromatic heterocycles. The van der Waals surface area contributed by atoms with Crippen LogP contribution in [0.3, 0.4) is 0 Å². The van der Waals surface area contributed by atoms with Gasteiger partial charge in [0, 0.05) is 25.1 Å². The molecule has 2 amide bonds. The van der Waals surface area contributed by atoms with Crippen molar-refractivity contribution < 1.29 is 37.6 Å². The topological polar surface area (TPSA) is 120 Å². The van der Waals surface area contributed by atoms with Gasteiger partial charge in [-0.2, -0.15) is 0 Å². The fourth-order valence-electron chi connectivity index (χ4n) is 5.75. The van der Waals surface area contributed by atoms with E-state index in [2.05, 4.69) is 34.7 Å². The first-order valence-corrected chi connectivity index (χ1v) is 13.2. The van der Waals surface area contributed by atoms with E-state index in [4.69, 9.17) is 18.9 Å². The maximum atomic E-state index is 12.8. The van der Waals surface area contributed by atoms with Crippen LogP contribution in [-0.4, -0.2) is 82.1 Å². The Kier molecular flexibility index (Phi) is 10.8. The van der Waals surface area contributed by atoms with Crippen molar-refractivity contribution in [3.63, 3.8) is 0 Å². The molecule has 2 aliphatic carbocycles. The summed E-state index contributed by atoms with van der Waals surface area (Å²) in [6.45, 7) is 9.22. The lowest BCUT2D eigenvalue weighted by atomic mass is 9.68. The van der Waals surface area contributed by atoms with E-state index in [1.807, 2.05) is 19.9 Å². The molecule has 3 N–H and O–H groups in total. The highest BCUT2D eigenvalue weighted by molar-refractivity contribution is 6.16. The average Bonchev–Trinajstić information content (AvgIpc) is 3.60. The number of methoxy groups -OCH3 is 1. The van der Waals surface area contributed by atoms with Crippen LogP contribution in [0.25, 0.3) is 0 Å². The Balaban J connectivity index is 1.50. The lowest BCUT2D eigenvalue weighted by Crippen LogP contribution is -2.59. The molecule has 4 atom stereocenters. The van der Waals surface area contributed by atoms with Crippen molar-refractivity contribution >= 4 is 19.8 Å². The second-order valence-electron chi connectivity index (χ2n) is 11.0. The van der Waals surface area contributed by atoms with Crippen molar-refractivity contribution in [2.75, 3.05) is 26.9 Å². The lowest BCUT2D eigenvalue weighted by molar-refractivity contribution is -0.172. The molecule has 10 nitrogen and oxygen atoms in total. The first-order valence-electron chi connectivity index (χ1n) is 13.2. The monoisotopic (exact) mass is 527 g/mol. The van der Waals surface area contributed by atoms with Gasteiger partial charge >= 0.3 is 13.9 Å². The standard InChI is InChI=1S/C25H43BFN3O7/c1-16(2)11-13-34-24(3,4)22-21(33-5)19(10-12-25(22)15-35-25)36-23(32)30-18-8-6-17(7-9-18)29-20(31)14-28-37-26-27/h11,17-19,21-22,26,28H,6-10,12-15H2,1-5H3,(H,29,31)(H,30,32)/t17-,18-,19?,21?,22?,25-/m0/s1. The number of carbonyl (C=O) groups is 2. The summed E-state index contributed by atoms with van der Waals surface area (Å²) in [4.78, 5) is 24.7. The molecule has 1 heterocycles. The summed E-state index contributed by atoms with van der Waals surface area (Å²) in [5.41, 5.74) is 2.59. The van der Waals surface area contributed by atoms with Gasteiger partial charge in [0.1, 0.15) is 12.2 Å². The number of halogens is 1. The van der Waals surface area contributed by atoms with Gasteiger partial charge in [0.2, 0.25) is 5.91 Å². The Bertz CT molecular complexity index is 799. The fourth-order valence-corrected chi connectivity index (χ4v) is 5.75. The molecule has 3 aliphatic rings. The Morgan fingerprint density at radius 3 is 2.35 bits per heavy atom. The van der Waals surface area contributed by atoms with Crippen LogP contribution in [0.2, 0.25) is 0 Å². The third kappa shape index (κ3) is 8.38. The van der Waals surface area contributed by atoms with Crippen LogP contribution in [0.1, 0.15) is 66.2 Å². The number of hydroxylamine groups is 1. The van der Waals surface area contributed by atoms with Crippen molar-refractivity contribution in [1.29, 1.82) is 0 Å². The number of carbonyl (C=O) groups excluding carboxylic acids is 2. The molecule has 0 aromatic rings. The van der Waals surface area contributed by atoms with Crippen LogP contribution < -0.4 is 16.1 Å². The van der Waals surface area contributed by atoms with Gasteiger partial charge in [0.25, 0.3) is 0 Å². The summed E-state index contributed by atoms with van der Waals surface area (Å²) in [6.07, 6.45) is 5.15. The molecule has 2 saturated carbocycles. The van der Waals surface area contributed by atoms with E-state index in [1.54, 1.807) is 7.11 Å². The average molecular weight is 527 g/mol. The molecule has 0 radical (unpaired) electrons. The van der Waals surface area contributed by atoms with Crippen LogP contribution in [0, 0.1) is 5.92 Å². The normalized spacial score (nSPS) is 31.4. The van der Waals surface area contributed by atoms with E-state index in [0.717, 1.165) is 32.1 Å². The summed E-state index contributed by atoms with van der Waals surface area (Å²) >= 11 is 0. The van der Waals surface area contributed by atoms with E-state index in [0.29, 0.717) is 19.6 Å². The number of alkyl carbamates (subject to hydrolysis) is 1. The number of ether oxygens (including phenoxy) is 4. The number of amides is 2. The predicted octanol–water partition coefficient (Wildman–Crippen LogP) is 2.22. The summed E-state index contributed by atoms with van der Waals surface area (Å²) in [5.74, 6) is -0.349. The molecular weight excluding hydrogens is 484 g/mol. The van der Waals surface area contributed by atoms with E-state index in [-0.39, 0.29) is 42.2 Å². The van der Waals surface area contributed by atoms with Crippen molar-refractivity contribution in [2.45, 2.75) is 102 Å². The number of hydrogen-bond donors (Lipinski definition) is 3. The third-order valence-electron chi connectivity index (χ3n) is 7.66. The second-order valence-corrected chi connectivity index (χ2v) is 11.0. The highest BCUT2D eigenvalue weighted by atomic mass is 19.1. The van der Waals surface area contributed by atoms with Crippen LogP contribution in [0.5, 0.6) is 0 Å². The lowest BCUT2D eigenvalue weighted by Gasteiger charge is -2.47. The van der Waals surface area contributed by atoms with Crippen LogP contribution in [-0.2, 0) is 28.5 Å². The van der Waals surface area contributed by atoms with E-state index in [1.165, 1.54) is 5.57 Å². The molecule has 1 aliphatic heterocycles. The largest absolute Gasteiger partial charge is 0.498 e. The minimum Gasteiger partial charge on any atom is -0.443 e. The van der Waals surface area contributed by atoms with Gasteiger partial charge in [0.15, 0.2) is 0 Å². The minimum atomic E-state index is -0.997. The molecule has 210 valence electrons. The van der Waals surface area contributed by atoms with Crippen LogP contribution in [0.15, 0.2) is 11.6 Å². The minimum absolute atomic E-state index is 0.00836. The number of allylic oxidation sites excluding steroid dienone is 1. The summed E-state index contributed by atoms with van der Waals surface area (Å²) in [7, 11) is 0.650. The van der Waals surface area contributed by atoms with E-state index >= 15 is 0 Å². The van der Waals surface area contributed by atoms with E-state index in [9.17, 15) is 13.9 Å². The Hall–Kier alpha value is -1.73. The van der Waals surface area contributed by atoms with Crippen molar-refractivity contribution in [2.24, 2.45) is 5.92 Å². The Labute approximate surface area is 220 Å². The number of epoxide rings is 1. The molecule has 3 unspecified atom stereocenters. The molecule has 12 heteroatoms. The third-order valence-corrected chi connectivity index (χ3v) is 7.66. The summed E-state index contributed by atoms with van der Waals surface area (Å²) < 4.78 is 40.3. The van der Waals surface area contributed by atoms with Crippen LogP contribution in [0.4, 0.5) is 9.11 Å². The smallest absolute Gasteiger partial charge is 0.443 e. The predicted molar refractivity (Wildman–Crippen MR) is 137 cm³/mol. The molecule has 37 heavy (non-hydrogen) atoms. The quantitative estimate of drug-likeness (QED) is 0.116. The van der Waals surface area contributed by atoms with Crippen molar-refractivity contribution in [1.82, 2.24) is 16.1 Å². The molecular formula is C25H43BFN3O7. The molecule has 0 bridgehead atoms. The zero-order chi connectivity index (χ0) is 27.1. The SMILES string of the molecule is COC1C(OC(=O)N[C@H]2CC[C@H](NC(=O)CNOBF)CC2)CC[C@]2(CO2)C1C(C)(C)OCC=C(C)C. The summed E-state index contributed by atoms with van der Waals surface area (Å²) in [6, 6.07) is -0.0231. The molecule has 3 fully saturated rings. The van der Waals surface area contributed by atoms with Gasteiger partial charge in [0.05, 0.1) is 31.0 Å². The first kappa shape index (κ1) is 29.8. The van der Waals surface area contributed by atoms with Gasteiger partial charge in [-0.25, -0.2) is 10.3 Å². The zero-order valence-electron chi connectivity index (χ0n) is 22.8. The highest BCUT2D eigenvalue weighted by Gasteiger charge is 2.64. The van der Waals surface area contributed by atoms with E-state index < -0.39 is 25.6 Å². The molecule has 3 rings (SSSR count). The molecule has 0 aromatic carbocycles. The number of rotatable bonds is 12. The number of nitrogens with one attached hydrogen (secondary N) is 3. The molecule has 1 spiro atoms. The van der Waals surface area contributed by atoms with Crippen LogP contribution >= 0.6 is 0 Å². The van der Waals surface area contributed by atoms with Crippen molar-refractivity contribution in [3.05, 3.63) is 11.6 Å². The maximum Gasteiger partial charge on any atom is 0.498 e. The fraction of sp³-hybridized carbons (Fsp3) is 0.840. The molecule has 1 saturated heterocycles. The maximum absolute atomic E-state index is 12.8. The second kappa shape index (κ2) is 13.4. The Morgan fingerprint density at radius 1 is 1.14 bits per heavy atom. The first-order chi connectivity index (χ1) is 17.6. The van der Waals surface area contributed by atoms with Gasteiger partial charge in [-0.3, -0.25) is 9.11 Å². The summed E-state index contributed by atoms with van der Waals surface area (Å²) in [5, 5.41) is 5.88. The van der Waals surface area contributed by atoms with Gasteiger partial charge in [-0.05, 0) is 66.2 Å².